The number of nitrogens with zero attached hydrogens (tertiary/aromatic N) is 2. The van der Waals surface area contributed by atoms with Crippen LogP contribution in [0.4, 0.5) is 0 Å². The lowest BCUT2D eigenvalue weighted by Crippen LogP contribution is -2.50. The van der Waals surface area contributed by atoms with Crippen LogP contribution in [0, 0.1) is 5.41 Å². The van der Waals surface area contributed by atoms with Crippen molar-refractivity contribution in [2.45, 2.75) is 39.2 Å². The summed E-state index contributed by atoms with van der Waals surface area (Å²) >= 11 is 3.39. The van der Waals surface area contributed by atoms with E-state index in [1.54, 1.807) is 6.20 Å². The molecule has 1 amide bonds. The molecule has 94 valence electrons. The van der Waals surface area contributed by atoms with Gasteiger partial charge >= 0.3 is 0 Å². The van der Waals surface area contributed by atoms with Crippen molar-refractivity contribution in [3.8, 4) is 0 Å². The van der Waals surface area contributed by atoms with Gasteiger partial charge in [0.15, 0.2) is 0 Å². The van der Waals surface area contributed by atoms with Crippen molar-refractivity contribution >= 4 is 22.3 Å². The van der Waals surface area contributed by atoms with Gasteiger partial charge in [0.1, 0.15) is 16.0 Å². The fourth-order valence-electron chi connectivity index (χ4n) is 2.91. The van der Waals surface area contributed by atoms with Gasteiger partial charge in [0, 0.05) is 6.54 Å². The van der Waals surface area contributed by atoms with Gasteiger partial charge in [-0.15, -0.1) is 0 Å². The Morgan fingerprint density at radius 2 is 2.29 bits per heavy atom. The van der Waals surface area contributed by atoms with Crippen molar-refractivity contribution in [3.05, 3.63) is 16.6 Å². The van der Waals surface area contributed by atoms with Gasteiger partial charge in [-0.25, -0.2) is 4.98 Å². The van der Waals surface area contributed by atoms with E-state index in [2.05, 4.69) is 46.7 Å². The van der Waals surface area contributed by atoms with E-state index in [9.17, 15) is 4.79 Å². The zero-order valence-corrected chi connectivity index (χ0v) is 12.0. The highest BCUT2D eigenvalue weighted by molar-refractivity contribution is 9.10. The smallest absolute Gasteiger partial charge is 0.210 e. The zero-order chi connectivity index (χ0) is 12.7. The largest absolute Gasteiger partial charge is 0.335 e. The third-order valence-corrected chi connectivity index (χ3v) is 4.14. The topological polar surface area (TPSA) is 49.0 Å². The molecule has 2 rings (SSSR count). The van der Waals surface area contributed by atoms with Gasteiger partial charge in [0.25, 0.3) is 0 Å². The maximum Gasteiger partial charge on any atom is 0.210 e. The Morgan fingerprint density at radius 1 is 1.59 bits per heavy atom. The van der Waals surface area contributed by atoms with E-state index in [4.69, 9.17) is 0 Å². The van der Waals surface area contributed by atoms with Crippen molar-refractivity contribution in [1.82, 2.24) is 14.9 Å². The minimum atomic E-state index is -0.319. The molecule has 0 aliphatic carbocycles. The number of H-pyrrole nitrogens is 1. The summed E-state index contributed by atoms with van der Waals surface area (Å²) < 4.78 is 0.855. The Bertz CT molecular complexity index is 424. The average Bonchev–Trinajstić information content (AvgIpc) is 2.81. The summed E-state index contributed by atoms with van der Waals surface area (Å²) in [5, 5.41) is 0. The number of aromatic nitrogens is 2. The molecule has 2 heterocycles. The van der Waals surface area contributed by atoms with Gasteiger partial charge in [0.2, 0.25) is 6.41 Å². The van der Waals surface area contributed by atoms with Crippen molar-refractivity contribution in [2.24, 2.45) is 5.41 Å². The summed E-state index contributed by atoms with van der Waals surface area (Å²) in [7, 11) is 0. The van der Waals surface area contributed by atoms with E-state index in [0.717, 1.165) is 36.2 Å². The predicted molar refractivity (Wildman–Crippen MR) is 69.4 cm³/mol. The standard InChI is InChI=1S/C12H18BrN3O/c1-11(2,3)12(5-4-6-16(12)8-17)10-14-7-9(13)15-10/h7-8H,4-6H2,1-3H3,(H,14,15)/t12-/m1/s1. The number of carbonyl (C=O) groups excluding carboxylic acids is 1. The number of aromatic amines is 1. The summed E-state index contributed by atoms with van der Waals surface area (Å²) in [6.45, 7) is 7.28. The van der Waals surface area contributed by atoms with Gasteiger partial charge in [-0.2, -0.15) is 0 Å². The van der Waals surface area contributed by atoms with Crippen LogP contribution in [-0.2, 0) is 10.3 Å². The molecule has 1 aliphatic rings. The van der Waals surface area contributed by atoms with Crippen molar-refractivity contribution in [1.29, 1.82) is 0 Å². The fourth-order valence-corrected chi connectivity index (χ4v) is 3.20. The number of nitrogens with one attached hydrogen (secondary N) is 1. The minimum Gasteiger partial charge on any atom is -0.335 e. The van der Waals surface area contributed by atoms with Crippen LogP contribution in [0.25, 0.3) is 0 Å². The number of amides is 1. The van der Waals surface area contributed by atoms with Crippen LogP contribution in [0.3, 0.4) is 0 Å². The first-order valence-corrected chi connectivity index (χ1v) is 6.64. The van der Waals surface area contributed by atoms with E-state index < -0.39 is 0 Å². The molecule has 0 radical (unpaired) electrons. The fraction of sp³-hybridized carbons (Fsp3) is 0.667. The molecule has 1 aromatic rings. The molecule has 1 aromatic heterocycles. The van der Waals surface area contributed by atoms with E-state index in [1.807, 2.05) is 4.90 Å². The molecule has 17 heavy (non-hydrogen) atoms. The Balaban J connectivity index is 2.55. The number of likely N-dealkylation sites (tertiary alicyclic amines) is 1. The molecule has 1 saturated heterocycles. The Hall–Kier alpha value is -0.840. The molecule has 1 atom stereocenters. The number of halogens is 1. The average molecular weight is 300 g/mol. The van der Waals surface area contributed by atoms with Crippen LogP contribution < -0.4 is 0 Å². The quantitative estimate of drug-likeness (QED) is 0.854. The number of rotatable bonds is 2. The lowest BCUT2D eigenvalue weighted by atomic mass is 9.71. The number of carbonyl (C=O) groups is 1. The predicted octanol–water partition coefficient (Wildman–Crippen LogP) is 2.67. The number of imidazole rings is 1. The van der Waals surface area contributed by atoms with Crippen molar-refractivity contribution in [3.63, 3.8) is 0 Å². The summed E-state index contributed by atoms with van der Waals surface area (Å²) in [5.74, 6) is 0.876. The Morgan fingerprint density at radius 3 is 2.76 bits per heavy atom. The second kappa shape index (κ2) is 4.12. The molecule has 1 N–H and O–H groups in total. The van der Waals surface area contributed by atoms with E-state index in [0.29, 0.717) is 0 Å². The van der Waals surface area contributed by atoms with E-state index in [1.165, 1.54) is 0 Å². The Labute approximate surface area is 110 Å². The molecule has 0 unspecified atom stereocenters. The van der Waals surface area contributed by atoms with Crippen LogP contribution in [0.5, 0.6) is 0 Å². The van der Waals surface area contributed by atoms with E-state index in [-0.39, 0.29) is 11.0 Å². The van der Waals surface area contributed by atoms with Crippen LogP contribution in [-0.4, -0.2) is 27.8 Å². The van der Waals surface area contributed by atoms with Crippen LogP contribution in [0.1, 0.15) is 39.4 Å². The maximum atomic E-state index is 11.3. The molecule has 5 heteroatoms. The first-order valence-electron chi connectivity index (χ1n) is 5.85. The molecular weight excluding hydrogens is 282 g/mol. The highest BCUT2D eigenvalue weighted by Gasteiger charge is 2.52. The van der Waals surface area contributed by atoms with Crippen LogP contribution in [0.2, 0.25) is 0 Å². The molecule has 0 spiro atoms. The lowest BCUT2D eigenvalue weighted by molar-refractivity contribution is -0.127. The summed E-state index contributed by atoms with van der Waals surface area (Å²) in [6, 6.07) is 0. The minimum absolute atomic E-state index is 0.0539. The summed E-state index contributed by atoms with van der Waals surface area (Å²) in [6.07, 6.45) is 4.68. The highest BCUT2D eigenvalue weighted by atomic mass is 79.9. The lowest BCUT2D eigenvalue weighted by Gasteiger charge is -2.45. The first kappa shape index (κ1) is 12.6. The number of hydrogen-bond donors (Lipinski definition) is 1. The highest BCUT2D eigenvalue weighted by Crippen LogP contribution is 2.49. The molecule has 4 nitrogen and oxygen atoms in total. The summed E-state index contributed by atoms with van der Waals surface area (Å²) in [4.78, 5) is 20.9. The molecule has 0 saturated carbocycles. The first-order chi connectivity index (χ1) is 7.91. The second-order valence-electron chi connectivity index (χ2n) is 5.59. The van der Waals surface area contributed by atoms with Crippen LogP contribution in [0.15, 0.2) is 10.8 Å². The molecule has 1 aliphatic heterocycles. The molecule has 1 fully saturated rings. The monoisotopic (exact) mass is 299 g/mol. The third kappa shape index (κ3) is 1.80. The normalized spacial score (nSPS) is 25.3. The SMILES string of the molecule is CC(C)(C)[C@]1(c2ncc(Br)[nH]2)CCCN1C=O. The van der Waals surface area contributed by atoms with Gasteiger partial charge in [0.05, 0.1) is 6.20 Å². The maximum absolute atomic E-state index is 11.3. The van der Waals surface area contributed by atoms with Gasteiger partial charge in [-0.3, -0.25) is 4.79 Å². The molecule has 0 bridgehead atoms. The third-order valence-electron chi connectivity index (χ3n) is 3.73. The Kier molecular flexibility index (Phi) is 3.06. The van der Waals surface area contributed by atoms with E-state index >= 15 is 0 Å². The number of hydrogen-bond acceptors (Lipinski definition) is 2. The second-order valence-corrected chi connectivity index (χ2v) is 6.45. The molecule has 0 aromatic carbocycles. The van der Waals surface area contributed by atoms with Gasteiger partial charge in [-0.05, 0) is 34.2 Å². The van der Waals surface area contributed by atoms with Gasteiger partial charge < -0.3 is 9.88 Å². The van der Waals surface area contributed by atoms with Crippen LogP contribution >= 0.6 is 15.9 Å². The van der Waals surface area contributed by atoms with Gasteiger partial charge in [-0.1, -0.05) is 20.8 Å². The summed E-state index contributed by atoms with van der Waals surface area (Å²) in [5.41, 5.74) is -0.373. The van der Waals surface area contributed by atoms with Crippen molar-refractivity contribution in [2.75, 3.05) is 6.54 Å². The molecular formula is C12H18BrN3O. The zero-order valence-electron chi connectivity index (χ0n) is 10.5. The van der Waals surface area contributed by atoms with Crippen molar-refractivity contribution < 1.29 is 4.79 Å².